The molecule has 1 aromatic carbocycles. The lowest BCUT2D eigenvalue weighted by Crippen LogP contribution is -2.35. The Morgan fingerprint density at radius 1 is 1.20 bits per heavy atom. The molecule has 6 nitrogen and oxygen atoms in total. The Hall–Kier alpha value is -2.73. The molecule has 1 amide bonds. The zero-order valence-corrected chi connectivity index (χ0v) is 13.9. The van der Waals surface area contributed by atoms with Gasteiger partial charge in [-0.2, -0.15) is 0 Å². The summed E-state index contributed by atoms with van der Waals surface area (Å²) in [5.74, 6) is -1.98. The number of aliphatic carboxylic acids is 1. The first-order valence-electron chi connectivity index (χ1n) is 8.11. The molecule has 1 aromatic heterocycles. The highest BCUT2D eigenvalue weighted by Gasteiger charge is 2.42. The van der Waals surface area contributed by atoms with Gasteiger partial charge in [-0.1, -0.05) is 36.4 Å². The molecule has 0 bridgehead atoms. The monoisotopic (exact) mass is 340 g/mol. The van der Waals surface area contributed by atoms with Crippen LogP contribution in [0.3, 0.4) is 0 Å². The molecule has 0 radical (unpaired) electrons. The van der Waals surface area contributed by atoms with Crippen LogP contribution in [0.1, 0.15) is 23.1 Å². The third kappa shape index (κ3) is 3.53. The standard InChI is InChI=1S/C19H20N2O4/c1-25-17(14-8-5-9-20-10-14)18(22)21-11-15(16(12-21)19(23)24)13-6-3-2-4-7-13/h2-10,15-17H,11-12H2,1H3,(H,23,24)/t15-,16-,17?/m0/s1. The van der Waals surface area contributed by atoms with Gasteiger partial charge in [0.1, 0.15) is 0 Å². The van der Waals surface area contributed by atoms with E-state index in [-0.39, 0.29) is 18.4 Å². The van der Waals surface area contributed by atoms with E-state index in [1.54, 1.807) is 29.4 Å². The molecule has 0 aliphatic carbocycles. The second-order valence-corrected chi connectivity index (χ2v) is 6.11. The Bertz CT molecular complexity index is 736. The van der Waals surface area contributed by atoms with Gasteiger partial charge >= 0.3 is 5.97 Å². The molecule has 25 heavy (non-hydrogen) atoms. The Morgan fingerprint density at radius 2 is 1.96 bits per heavy atom. The van der Waals surface area contributed by atoms with Gasteiger partial charge in [0.05, 0.1) is 5.92 Å². The van der Waals surface area contributed by atoms with E-state index in [1.165, 1.54) is 7.11 Å². The number of carboxylic acid groups (broad SMARTS) is 1. The minimum Gasteiger partial charge on any atom is -0.481 e. The van der Waals surface area contributed by atoms with Gasteiger partial charge in [-0.15, -0.1) is 0 Å². The maximum absolute atomic E-state index is 12.9. The zero-order chi connectivity index (χ0) is 17.8. The molecule has 3 rings (SSSR count). The van der Waals surface area contributed by atoms with Crippen molar-refractivity contribution in [2.24, 2.45) is 5.92 Å². The summed E-state index contributed by atoms with van der Waals surface area (Å²) in [5, 5.41) is 9.58. The second-order valence-electron chi connectivity index (χ2n) is 6.11. The van der Waals surface area contributed by atoms with E-state index < -0.39 is 18.0 Å². The van der Waals surface area contributed by atoms with Crippen molar-refractivity contribution in [3.63, 3.8) is 0 Å². The largest absolute Gasteiger partial charge is 0.481 e. The molecule has 1 aliphatic rings. The van der Waals surface area contributed by atoms with Gasteiger partial charge in [0.25, 0.3) is 5.91 Å². The van der Waals surface area contributed by atoms with Crippen molar-refractivity contribution in [2.75, 3.05) is 20.2 Å². The van der Waals surface area contributed by atoms with E-state index >= 15 is 0 Å². The summed E-state index contributed by atoms with van der Waals surface area (Å²) in [7, 11) is 1.47. The summed E-state index contributed by atoms with van der Waals surface area (Å²) < 4.78 is 5.37. The van der Waals surface area contributed by atoms with Gasteiger partial charge < -0.3 is 14.7 Å². The molecular weight excluding hydrogens is 320 g/mol. The van der Waals surface area contributed by atoms with Crippen molar-refractivity contribution in [3.05, 3.63) is 66.0 Å². The minimum absolute atomic E-state index is 0.174. The van der Waals surface area contributed by atoms with E-state index in [9.17, 15) is 14.7 Å². The third-order valence-corrected chi connectivity index (χ3v) is 4.62. The fraction of sp³-hybridized carbons (Fsp3) is 0.316. The van der Waals surface area contributed by atoms with Crippen LogP contribution >= 0.6 is 0 Å². The first-order chi connectivity index (χ1) is 12.1. The lowest BCUT2D eigenvalue weighted by Gasteiger charge is -2.22. The lowest BCUT2D eigenvalue weighted by atomic mass is 9.89. The number of hydrogen-bond acceptors (Lipinski definition) is 4. The number of aromatic nitrogens is 1. The number of nitrogens with zero attached hydrogens (tertiary/aromatic N) is 2. The molecule has 0 spiro atoms. The predicted molar refractivity (Wildman–Crippen MR) is 90.9 cm³/mol. The average molecular weight is 340 g/mol. The normalized spacial score (nSPS) is 21.1. The van der Waals surface area contributed by atoms with Crippen molar-refractivity contribution in [1.82, 2.24) is 9.88 Å². The number of hydrogen-bond donors (Lipinski definition) is 1. The first-order valence-corrected chi connectivity index (χ1v) is 8.11. The van der Waals surface area contributed by atoms with Crippen LogP contribution in [0.25, 0.3) is 0 Å². The van der Waals surface area contributed by atoms with Crippen LogP contribution in [-0.2, 0) is 14.3 Å². The molecule has 1 aliphatic heterocycles. The van der Waals surface area contributed by atoms with E-state index in [4.69, 9.17) is 4.74 Å². The van der Waals surface area contributed by atoms with Gasteiger partial charge in [-0.3, -0.25) is 14.6 Å². The van der Waals surface area contributed by atoms with Crippen molar-refractivity contribution >= 4 is 11.9 Å². The summed E-state index contributed by atoms with van der Waals surface area (Å²) in [5.41, 5.74) is 1.59. The number of likely N-dealkylation sites (tertiary alicyclic amines) is 1. The maximum atomic E-state index is 12.9. The first kappa shape index (κ1) is 17.1. The molecule has 130 valence electrons. The van der Waals surface area contributed by atoms with E-state index in [0.717, 1.165) is 5.56 Å². The average Bonchev–Trinajstić information content (AvgIpc) is 3.10. The number of benzene rings is 1. The van der Waals surface area contributed by atoms with Gasteiger partial charge in [0, 0.05) is 44.1 Å². The highest BCUT2D eigenvalue weighted by Crippen LogP contribution is 2.34. The highest BCUT2D eigenvalue weighted by molar-refractivity contribution is 5.84. The van der Waals surface area contributed by atoms with Crippen LogP contribution < -0.4 is 0 Å². The van der Waals surface area contributed by atoms with Crippen molar-refractivity contribution in [2.45, 2.75) is 12.0 Å². The third-order valence-electron chi connectivity index (χ3n) is 4.62. The number of amides is 1. The van der Waals surface area contributed by atoms with E-state index in [2.05, 4.69) is 4.98 Å². The predicted octanol–water partition coefficient (Wildman–Crippen LogP) is 2.10. The quantitative estimate of drug-likeness (QED) is 0.901. The van der Waals surface area contributed by atoms with Crippen LogP contribution in [0.2, 0.25) is 0 Å². The molecule has 0 saturated carbocycles. The Balaban J connectivity index is 1.83. The number of ether oxygens (including phenoxy) is 1. The summed E-state index contributed by atoms with van der Waals surface area (Å²) >= 11 is 0. The molecule has 1 N–H and O–H groups in total. The van der Waals surface area contributed by atoms with Crippen LogP contribution in [0.4, 0.5) is 0 Å². The zero-order valence-electron chi connectivity index (χ0n) is 13.9. The number of methoxy groups -OCH3 is 1. The summed E-state index contributed by atoms with van der Waals surface area (Å²) in [4.78, 5) is 30.2. The van der Waals surface area contributed by atoms with Gasteiger partial charge in [-0.25, -0.2) is 0 Å². The molecule has 1 saturated heterocycles. The van der Waals surface area contributed by atoms with Crippen LogP contribution in [0.15, 0.2) is 54.9 Å². The topological polar surface area (TPSA) is 79.7 Å². The maximum Gasteiger partial charge on any atom is 0.308 e. The van der Waals surface area contributed by atoms with E-state index in [0.29, 0.717) is 12.1 Å². The molecule has 2 heterocycles. The second kappa shape index (κ2) is 7.44. The molecular formula is C19H20N2O4. The fourth-order valence-electron chi connectivity index (χ4n) is 3.35. The van der Waals surface area contributed by atoms with Crippen molar-refractivity contribution in [3.8, 4) is 0 Å². The number of rotatable bonds is 5. The van der Waals surface area contributed by atoms with Gasteiger partial charge in [0.2, 0.25) is 0 Å². The SMILES string of the molecule is COC(C(=O)N1C[C@H](C(=O)O)[C@H](c2ccccc2)C1)c1cccnc1. The molecule has 2 aromatic rings. The fourth-order valence-corrected chi connectivity index (χ4v) is 3.35. The lowest BCUT2D eigenvalue weighted by molar-refractivity contribution is -0.143. The number of carbonyl (C=O) groups is 2. The Morgan fingerprint density at radius 3 is 2.56 bits per heavy atom. The van der Waals surface area contributed by atoms with Crippen molar-refractivity contribution < 1.29 is 19.4 Å². The molecule has 6 heteroatoms. The van der Waals surface area contributed by atoms with Gasteiger partial charge in [0.15, 0.2) is 6.10 Å². The van der Waals surface area contributed by atoms with Gasteiger partial charge in [-0.05, 0) is 11.6 Å². The van der Waals surface area contributed by atoms with Crippen LogP contribution in [-0.4, -0.2) is 47.1 Å². The molecule has 3 atom stereocenters. The van der Waals surface area contributed by atoms with Crippen LogP contribution in [0, 0.1) is 5.92 Å². The number of pyridine rings is 1. The molecule has 1 unspecified atom stereocenters. The number of carbonyl (C=O) groups excluding carboxylic acids is 1. The van der Waals surface area contributed by atoms with Crippen LogP contribution in [0.5, 0.6) is 0 Å². The Labute approximate surface area is 146 Å². The summed E-state index contributed by atoms with van der Waals surface area (Å²) in [6.07, 6.45) is 2.44. The van der Waals surface area contributed by atoms with Crippen molar-refractivity contribution in [1.29, 1.82) is 0 Å². The summed E-state index contributed by atoms with van der Waals surface area (Å²) in [6, 6.07) is 13.0. The highest BCUT2D eigenvalue weighted by atomic mass is 16.5. The molecule has 1 fully saturated rings. The minimum atomic E-state index is -0.889. The summed E-state index contributed by atoms with van der Waals surface area (Å²) in [6.45, 7) is 0.536. The smallest absolute Gasteiger partial charge is 0.308 e. The van der Waals surface area contributed by atoms with E-state index in [1.807, 2.05) is 30.3 Å². The Kier molecular flexibility index (Phi) is 5.09. The number of carboxylic acids is 1.